The maximum atomic E-state index is 12.1. The first kappa shape index (κ1) is 85.4. The summed E-state index contributed by atoms with van der Waals surface area (Å²) < 4.78 is 135. The molecule has 6 saturated heterocycles. The van der Waals surface area contributed by atoms with Gasteiger partial charge in [-0.1, -0.05) is 121 Å². The number of methoxy groups -OCH3 is 4. The Bertz CT molecular complexity index is 2680. The third kappa shape index (κ3) is 23.5. The number of aliphatic hydroxyl groups excluding tert-OH is 2. The van der Waals surface area contributed by atoms with Gasteiger partial charge in [-0.25, -0.2) is 0 Å². The van der Waals surface area contributed by atoms with E-state index in [4.69, 9.17) is 56.8 Å². The fourth-order valence-electron chi connectivity index (χ4n) is 13.5. The summed E-state index contributed by atoms with van der Waals surface area (Å²) in [6.45, 7) is 30.7. The van der Waals surface area contributed by atoms with Gasteiger partial charge in [-0.15, -0.1) is 0 Å². The number of alkyl halides is 3. The molecule has 6 heterocycles. The lowest BCUT2D eigenvalue weighted by molar-refractivity contribution is -0.277. The van der Waals surface area contributed by atoms with Crippen LogP contribution < -0.4 is 9.47 Å². The zero-order valence-electron chi connectivity index (χ0n) is 58.8. The zero-order chi connectivity index (χ0) is 70.3. The molecule has 8 rings (SSSR count). The van der Waals surface area contributed by atoms with Crippen molar-refractivity contribution in [3.63, 3.8) is 0 Å². The van der Waals surface area contributed by atoms with Gasteiger partial charge in [0, 0.05) is 50.5 Å². The molecule has 20 atom stereocenters. The van der Waals surface area contributed by atoms with Crippen LogP contribution in [0.4, 0.5) is 13.2 Å². The molecule has 6 fully saturated rings. The third-order valence-corrected chi connectivity index (χ3v) is 27.1. The highest BCUT2D eigenvalue weighted by Crippen LogP contribution is 2.46. The Labute approximate surface area is 579 Å². The number of fused-ring (bicyclic) bond motifs is 2. The average Bonchev–Trinajstić information content (AvgIpc) is 0.788. The van der Waals surface area contributed by atoms with Gasteiger partial charge in [0.05, 0.1) is 133 Å². The quantitative estimate of drug-likeness (QED) is 0.0431. The first-order valence-electron chi connectivity index (χ1n) is 33.9. The predicted octanol–water partition coefficient (Wildman–Crippen LogP) is 14.0. The van der Waals surface area contributed by atoms with Crippen molar-refractivity contribution in [3.05, 3.63) is 84.0 Å². The van der Waals surface area contributed by atoms with Crippen molar-refractivity contribution in [2.75, 3.05) is 35.0 Å². The average molecular weight is 1420 g/mol. The smallest absolute Gasteiger partial charge is 0.497 e. The fourth-order valence-corrected chi connectivity index (χ4v) is 17.0. The molecule has 0 aliphatic carbocycles. The number of hydrogen-bond acceptors (Lipinski definition) is 19. The van der Waals surface area contributed by atoms with Crippen LogP contribution in [0.15, 0.2) is 72.8 Å². The normalized spacial score (nSPS) is 32.2. The molecule has 24 heteroatoms. The molecule has 2 aromatic rings. The Hall–Kier alpha value is -4.02. The predicted molar refractivity (Wildman–Crippen MR) is 369 cm³/mol. The molecule has 6 aliphatic rings. The van der Waals surface area contributed by atoms with E-state index in [2.05, 4.69) is 58.6 Å². The van der Waals surface area contributed by atoms with E-state index in [1.165, 1.54) is 27.3 Å². The molecule has 556 valence electrons. The van der Waals surface area contributed by atoms with Crippen molar-refractivity contribution in [2.45, 2.75) is 289 Å². The van der Waals surface area contributed by atoms with Crippen molar-refractivity contribution in [3.8, 4) is 11.5 Å². The molecule has 0 radical (unpaired) electrons. The highest BCUT2D eigenvalue weighted by molar-refractivity contribution is 7.88. The van der Waals surface area contributed by atoms with Crippen LogP contribution in [0, 0.1) is 29.6 Å². The fraction of sp³-hybridized carbons (Fsp3) is 0.753. The van der Waals surface area contributed by atoms with Gasteiger partial charge in [0.2, 0.25) is 8.32 Å². The van der Waals surface area contributed by atoms with Crippen molar-refractivity contribution in [2.24, 2.45) is 29.6 Å². The Morgan fingerprint density at radius 1 is 0.608 bits per heavy atom. The van der Waals surface area contributed by atoms with Gasteiger partial charge in [0.1, 0.15) is 11.5 Å². The van der Waals surface area contributed by atoms with Crippen molar-refractivity contribution < 1.29 is 102 Å². The number of halogens is 3. The van der Waals surface area contributed by atoms with E-state index in [1.807, 2.05) is 48.5 Å². The number of hydrogen-bond donors (Lipinski definition) is 2. The number of esters is 2. The summed E-state index contributed by atoms with van der Waals surface area (Å²) in [4.78, 5) is 23.5. The molecular formula is C73H119F3O19SSi. The second-order valence-corrected chi connectivity index (χ2v) is 34.9. The molecule has 6 aliphatic heterocycles. The van der Waals surface area contributed by atoms with Crippen LogP contribution in [0.1, 0.15) is 172 Å². The van der Waals surface area contributed by atoms with Gasteiger partial charge in [-0.3, -0.25) is 9.59 Å². The van der Waals surface area contributed by atoms with Gasteiger partial charge in [-0.05, 0) is 127 Å². The van der Waals surface area contributed by atoms with Crippen molar-refractivity contribution in [1.82, 2.24) is 0 Å². The monoisotopic (exact) mass is 1420 g/mol. The second-order valence-electron chi connectivity index (χ2n) is 28.3. The van der Waals surface area contributed by atoms with E-state index in [0.717, 1.165) is 65.9 Å². The van der Waals surface area contributed by atoms with E-state index in [9.17, 15) is 41.4 Å². The van der Waals surface area contributed by atoms with Crippen molar-refractivity contribution >= 4 is 30.4 Å². The Morgan fingerprint density at radius 3 is 1.39 bits per heavy atom. The number of aliphatic hydroxyl groups is 2. The van der Waals surface area contributed by atoms with Crippen LogP contribution in [0.2, 0.25) is 18.1 Å². The molecule has 2 N–H and O–H groups in total. The lowest BCUT2D eigenvalue weighted by Crippen LogP contribution is -2.61. The number of carbonyl (C=O) groups is 2. The summed E-state index contributed by atoms with van der Waals surface area (Å²) >= 11 is 0. The largest absolute Gasteiger partial charge is 0.522 e. The van der Waals surface area contributed by atoms with E-state index >= 15 is 0 Å². The van der Waals surface area contributed by atoms with E-state index in [0.29, 0.717) is 76.4 Å². The third-order valence-electron chi connectivity index (χ3n) is 20.4. The molecule has 97 heavy (non-hydrogen) atoms. The van der Waals surface area contributed by atoms with Crippen LogP contribution in [0.25, 0.3) is 0 Å². The molecule has 0 aromatic heterocycles. The van der Waals surface area contributed by atoms with Gasteiger partial charge >= 0.3 is 27.6 Å². The summed E-state index contributed by atoms with van der Waals surface area (Å²) in [6.07, 6.45) is 5.99. The van der Waals surface area contributed by atoms with E-state index < -0.39 is 41.2 Å². The van der Waals surface area contributed by atoms with Crippen LogP contribution in [-0.4, -0.2) is 171 Å². The van der Waals surface area contributed by atoms with Crippen LogP contribution in [0.3, 0.4) is 0 Å². The first-order chi connectivity index (χ1) is 44.7. The Morgan fingerprint density at radius 2 is 1.02 bits per heavy atom. The molecule has 4 unspecified atom stereocenters. The minimum Gasteiger partial charge on any atom is -0.497 e. The molecular weight excluding hydrogens is 1300 g/mol. The topological polar surface area (TPSA) is 229 Å². The standard InChI is InChI=1S/C33H50O7.C31H46O9.C7H15F3O3SSi.2CH4/c1-8-9-27-21(3)17-29-33(40-27)23(5)32(37-19-24-10-12-25(35-6)13-11-24)30(39-29)18-28-22(4)20(2)16-26(38-28)14-15-31(34)36-7;1-18-14-23(10-11-29(34)36-5)38-26(19(18)2)16-28-30(37-17-21-6-8-22(35-4)9-7-21)20(3)31-27(39-28)15-24(33)25(40-31)12-13-32;1-6(2,3)15(4,5)13-14(11,12)7(8,9)10;;/h10-13,20-21,23,26-30,32-33H,4,8-9,14-19H2,1-3,5-7H3;6-9,18,20,23-28,30-33H,2,10-17H2,1,3-5H3;1-5H3;2*1H4/t20-,21?,23-,26+,27-,28?,29+,30+,32-,33+;18-,20-,23+,24?,25-,26?,27+,28+,30-,31+;;;/m11.../s1. The summed E-state index contributed by atoms with van der Waals surface area (Å²) in [5, 5.41) is 19.6. The Kier molecular flexibility index (Phi) is 33.7. The number of benzene rings is 2. The summed E-state index contributed by atoms with van der Waals surface area (Å²) in [6, 6.07) is 15.8. The molecule has 0 bridgehead atoms. The van der Waals surface area contributed by atoms with Gasteiger partial charge in [-0.2, -0.15) is 21.6 Å². The molecule has 19 nitrogen and oxygen atoms in total. The van der Waals surface area contributed by atoms with Gasteiger partial charge in [0.15, 0.2) is 0 Å². The van der Waals surface area contributed by atoms with E-state index in [1.54, 1.807) is 35.0 Å². The molecule has 0 saturated carbocycles. The lowest BCUT2D eigenvalue weighted by Gasteiger charge is -2.51. The SMILES string of the molecule is C.C.C=C1C(C[C@@H]2O[C@H]3CC(C)[C@@H](CCC)O[C@H]3[C@H](C)[C@H]2OCc2ccc(OC)cc2)O[C@@H](CCC(=O)OC)C[C@H]1C.C=C1C(C[C@@H]2O[C@H]3CC(O)[C@@H](CCO)O[C@H]3[C@H](C)[C@H]2OCc2ccc(OC)cc2)O[C@@H](CCC(=O)OC)C[C@H]1C.CC(C)(C)[Si](C)(C)OS(=O)(=O)C(F)(F)F. The summed E-state index contributed by atoms with van der Waals surface area (Å²) in [7, 11) is -2.29. The highest BCUT2D eigenvalue weighted by atomic mass is 32.2. The maximum absolute atomic E-state index is 12.1. The summed E-state index contributed by atoms with van der Waals surface area (Å²) in [5.41, 5.74) is -1.13. The van der Waals surface area contributed by atoms with Crippen LogP contribution in [-0.2, 0) is 84.2 Å². The van der Waals surface area contributed by atoms with Gasteiger partial charge in [0.25, 0.3) is 0 Å². The maximum Gasteiger partial charge on any atom is 0.522 e. The molecule has 0 spiro atoms. The van der Waals surface area contributed by atoms with Crippen LogP contribution >= 0.6 is 0 Å². The Balaban J connectivity index is 0.000000336. The van der Waals surface area contributed by atoms with Crippen LogP contribution in [0.5, 0.6) is 11.5 Å². The van der Waals surface area contributed by atoms with Crippen molar-refractivity contribution in [1.29, 1.82) is 0 Å². The second kappa shape index (κ2) is 38.3. The van der Waals surface area contributed by atoms with E-state index in [-0.39, 0.29) is 131 Å². The molecule has 2 aromatic carbocycles. The number of carbonyl (C=O) groups excluding carboxylic acids is 2. The minimum absolute atomic E-state index is 0. The van der Waals surface area contributed by atoms with Gasteiger partial charge < -0.3 is 70.9 Å². The first-order valence-corrected chi connectivity index (χ1v) is 38.2. The highest BCUT2D eigenvalue weighted by Gasteiger charge is 2.55. The number of ether oxygens (including phenoxy) is 12. The minimum atomic E-state index is -5.48. The number of rotatable bonds is 24. The lowest BCUT2D eigenvalue weighted by atomic mass is 9.78. The summed E-state index contributed by atoms with van der Waals surface area (Å²) in [5.74, 6) is 2.31. The zero-order valence-corrected chi connectivity index (χ0v) is 60.6. The molecule has 0 amide bonds.